The Morgan fingerprint density at radius 3 is 1.80 bits per heavy atom. The second-order valence-electron chi connectivity index (χ2n) is 13.5. The summed E-state index contributed by atoms with van der Waals surface area (Å²) in [5.74, 6) is 1.53. The van der Waals surface area contributed by atoms with E-state index in [9.17, 15) is 13.0 Å². The van der Waals surface area contributed by atoms with Gasteiger partial charge in [0, 0.05) is 29.7 Å². The van der Waals surface area contributed by atoms with Crippen molar-refractivity contribution < 1.29 is 22.0 Å². The summed E-state index contributed by atoms with van der Waals surface area (Å²) in [4.78, 5) is 4.42. The molecule has 6 nitrogen and oxygen atoms in total. The van der Waals surface area contributed by atoms with Crippen molar-refractivity contribution in [3.05, 3.63) is 89.4 Å². The van der Waals surface area contributed by atoms with Gasteiger partial charge in [0.2, 0.25) is 5.89 Å². The van der Waals surface area contributed by atoms with E-state index < -0.39 is 10.1 Å². The van der Waals surface area contributed by atoms with E-state index in [0.717, 1.165) is 29.0 Å². The van der Waals surface area contributed by atoms with E-state index >= 15 is 0 Å². The molecule has 46 heavy (non-hydrogen) atoms. The molecule has 0 saturated heterocycles. The summed E-state index contributed by atoms with van der Waals surface area (Å²) >= 11 is 0. The van der Waals surface area contributed by atoms with Crippen LogP contribution in [0.2, 0.25) is 0 Å². The SMILES string of the molecule is CCCCCCCCCCCC[n+]1ccc(-c2ncc(-c3c(C)cc(C(C)(C)C)cc3C)o2)cc1.Cc1ccc(S(=O)(=O)[O-])cc1. The maximum Gasteiger partial charge on any atom is 0.227 e. The molecule has 0 aliphatic carbocycles. The van der Waals surface area contributed by atoms with Crippen LogP contribution in [0.1, 0.15) is 114 Å². The predicted octanol–water partition coefficient (Wildman–Crippen LogP) is 10.0. The first-order chi connectivity index (χ1) is 21.8. The molecule has 250 valence electrons. The molecule has 0 amide bonds. The van der Waals surface area contributed by atoms with Gasteiger partial charge >= 0.3 is 0 Å². The van der Waals surface area contributed by atoms with Gasteiger partial charge in [-0.25, -0.2) is 18.0 Å². The third-order valence-corrected chi connectivity index (χ3v) is 9.22. The largest absolute Gasteiger partial charge is 0.744 e. The smallest absolute Gasteiger partial charge is 0.227 e. The Hall–Kier alpha value is -3.29. The number of aromatic nitrogens is 2. The highest BCUT2D eigenvalue weighted by molar-refractivity contribution is 7.85. The molecule has 0 radical (unpaired) electrons. The average Bonchev–Trinajstić information content (AvgIpc) is 3.47. The van der Waals surface area contributed by atoms with Crippen LogP contribution in [0.25, 0.3) is 22.8 Å². The zero-order valence-electron chi connectivity index (χ0n) is 29.1. The number of nitrogens with zero attached hydrogens (tertiary/aromatic N) is 2. The van der Waals surface area contributed by atoms with E-state index in [2.05, 4.69) is 87.8 Å². The third kappa shape index (κ3) is 11.8. The van der Waals surface area contributed by atoms with Gasteiger partial charge in [-0.1, -0.05) is 109 Å². The molecule has 0 saturated carbocycles. The van der Waals surface area contributed by atoms with Gasteiger partial charge in [-0.3, -0.25) is 0 Å². The third-order valence-electron chi connectivity index (χ3n) is 8.37. The number of benzene rings is 2. The number of oxazole rings is 1. The molecule has 7 heteroatoms. The Bertz CT molecular complexity index is 1580. The minimum atomic E-state index is -4.27. The average molecular weight is 647 g/mol. The van der Waals surface area contributed by atoms with E-state index in [1.54, 1.807) is 12.1 Å². The summed E-state index contributed by atoms with van der Waals surface area (Å²) in [6, 6.07) is 14.6. The molecule has 2 aromatic heterocycles. The first-order valence-electron chi connectivity index (χ1n) is 16.9. The zero-order valence-corrected chi connectivity index (χ0v) is 29.9. The minimum absolute atomic E-state index is 0.133. The van der Waals surface area contributed by atoms with Gasteiger partial charge in [-0.05, 0) is 61.4 Å². The zero-order chi connectivity index (χ0) is 33.7. The van der Waals surface area contributed by atoms with Gasteiger partial charge in [0.05, 0.1) is 11.1 Å². The van der Waals surface area contributed by atoms with Crippen LogP contribution in [0, 0.1) is 20.8 Å². The first kappa shape index (κ1) is 37.2. The van der Waals surface area contributed by atoms with Gasteiger partial charge in [-0.2, -0.15) is 0 Å². The maximum atomic E-state index is 10.4. The van der Waals surface area contributed by atoms with Crippen LogP contribution in [0.15, 0.2) is 76.4 Å². The number of unbranched alkanes of at least 4 members (excludes halogenated alkanes) is 9. The summed E-state index contributed by atoms with van der Waals surface area (Å²) < 4.78 is 39.7. The van der Waals surface area contributed by atoms with Crippen molar-refractivity contribution in [1.29, 1.82) is 0 Å². The molecule has 0 aliphatic rings. The van der Waals surface area contributed by atoms with Gasteiger partial charge < -0.3 is 8.97 Å². The fourth-order valence-electron chi connectivity index (χ4n) is 5.54. The van der Waals surface area contributed by atoms with Gasteiger partial charge in [0.1, 0.15) is 16.7 Å². The Labute approximate surface area is 278 Å². The second-order valence-corrected chi connectivity index (χ2v) is 14.9. The fourth-order valence-corrected chi connectivity index (χ4v) is 6.01. The molecular weight excluding hydrogens is 593 g/mol. The molecule has 2 heterocycles. The molecule has 0 unspecified atom stereocenters. The lowest BCUT2D eigenvalue weighted by atomic mass is 9.83. The lowest BCUT2D eigenvalue weighted by Crippen LogP contribution is -2.32. The van der Waals surface area contributed by atoms with E-state index in [0.29, 0.717) is 5.89 Å². The molecular formula is C39H54N2O4S. The van der Waals surface area contributed by atoms with Crippen LogP contribution in [0.5, 0.6) is 0 Å². The van der Waals surface area contributed by atoms with Gasteiger partial charge in [-0.15, -0.1) is 0 Å². The van der Waals surface area contributed by atoms with E-state index in [-0.39, 0.29) is 10.3 Å². The van der Waals surface area contributed by atoms with Crippen LogP contribution in [0.4, 0.5) is 0 Å². The van der Waals surface area contributed by atoms with Crippen molar-refractivity contribution in [3.8, 4) is 22.8 Å². The monoisotopic (exact) mass is 646 g/mol. The molecule has 0 atom stereocenters. The van der Waals surface area contributed by atoms with Crippen molar-refractivity contribution in [1.82, 2.24) is 4.98 Å². The van der Waals surface area contributed by atoms with E-state index in [1.807, 2.05) is 13.1 Å². The van der Waals surface area contributed by atoms with Crippen LogP contribution in [0.3, 0.4) is 0 Å². The lowest BCUT2D eigenvalue weighted by molar-refractivity contribution is -0.697. The lowest BCUT2D eigenvalue weighted by Gasteiger charge is -2.21. The van der Waals surface area contributed by atoms with Crippen LogP contribution < -0.4 is 4.57 Å². The fraction of sp³-hybridized carbons (Fsp3) is 0.487. The quantitative estimate of drug-likeness (QED) is 0.0773. The molecule has 4 rings (SSSR count). The highest BCUT2D eigenvalue weighted by Gasteiger charge is 2.19. The number of aryl methyl sites for hydroxylation is 4. The number of pyridine rings is 1. The van der Waals surface area contributed by atoms with Gasteiger partial charge in [0.15, 0.2) is 18.2 Å². The molecule has 2 aromatic carbocycles. The van der Waals surface area contributed by atoms with Crippen molar-refractivity contribution in [2.75, 3.05) is 0 Å². The molecule has 0 N–H and O–H groups in total. The highest BCUT2D eigenvalue weighted by atomic mass is 32.2. The van der Waals surface area contributed by atoms with Crippen molar-refractivity contribution in [3.63, 3.8) is 0 Å². The van der Waals surface area contributed by atoms with Crippen molar-refractivity contribution in [2.24, 2.45) is 0 Å². The van der Waals surface area contributed by atoms with E-state index in [4.69, 9.17) is 4.42 Å². The van der Waals surface area contributed by atoms with Crippen molar-refractivity contribution in [2.45, 2.75) is 130 Å². The Balaban J connectivity index is 0.000000441. The summed E-state index contributed by atoms with van der Waals surface area (Å²) in [6.45, 7) is 16.3. The Kier molecular flexibility index (Phi) is 14.2. The summed E-state index contributed by atoms with van der Waals surface area (Å²) in [5, 5.41) is 0. The molecule has 0 spiro atoms. The number of hydrogen-bond acceptors (Lipinski definition) is 5. The van der Waals surface area contributed by atoms with E-state index in [1.165, 1.54) is 93.0 Å². The summed E-state index contributed by atoms with van der Waals surface area (Å²) in [7, 11) is -4.27. The molecule has 0 aliphatic heterocycles. The number of hydrogen-bond donors (Lipinski definition) is 0. The van der Waals surface area contributed by atoms with Crippen LogP contribution in [-0.2, 0) is 22.1 Å². The Morgan fingerprint density at radius 2 is 1.30 bits per heavy atom. The molecule has 0 fully saturated rings. The molecule has 4 aromatic rings. The van der Waals surface area contributed by atoms with Crippen LogP contribution >= 0.6 is 0 Å². The standard InChI is InChI=1S/C32H47N2O.C7H8O3S/c1-7-8-9-10-11-12-13-14-15-16-19-34-20-17-27(18-21-34)31-33-24-29(35-31)30-25(2)22-28(23-26(30)3)32(4,5)6;1-6-2-4-7(5-3-6)11(8,9)10/h17-18,20-24H,7-16,19H2,1-6H3;2-5H,1H3,(H,8,9,10)/q+1;/p-1. The first-order valence-corrected chi connectivity index (χ1v) is 18.3. The number of rotatable bonds is 14. The minimum Gasteiger partial charge on any atom is -0.744 e. The van der Waals surface area contributed by atoms with Gasteiger partial charge in [0.25, 0.3) is 0 Å². The maximum absolute atomic E-state index is 10.4. The Morgan fingerprint density at radius 1 is 0.783 bits per heavy atom. The highest BCUT2D eigenvalue weighted by Crippen LogP contribution is 2.34. The normalized spacial score (nSPS) is 11.7. The van der Waals surface area contributed by atoms with Crippen LogP contribution in [-0.4, -0.2) is 18.0 Å². The predicted molar refractivity (Wildman–Crippen MR) is 187 cm³/mol. The second kappa shape index (κ2) is 17.6. The molecule has 0 bridgehead atoms. The summed E-state index contributed by atoms with van der Waals surface area (Å²) in [6.07, 6.45) is 19.9. The topological polar surface area (TPSA) is 87.1 Å². The summed E-state index contributed by atoms with van der Waals surface area (Å²) in [5.41, 5.74) is 7.07. The van der Waals surface area contributed by atoms with Crippen molar-refractivity contribution >= 4 is 10.1 Å².